The predicted octanol–water partition coefficient (Wildman–Crippen LogP) is 2.50. The van der Waals surface area contributed by atoms with Crippen molar-refractivity contribution in [3.05, 3.63) is 41.4 Å². The van der Waals surface area contributed by atoms with Crippen LogP contribution in [0, 0.1) is 0 Å². The van der Waals surface area contributed by atoms with Gasteiger partial charge in [0.2, 0.25) is 5.88 Å². The van der Waals surface area contributed by atoms with Gasteiger partial charge in [-0.3, -0.25) is 0 Å². The Morgan fingerprint density at radius 2 is 2.00 bits per heavy atom. The Morgan fingerprint density at radius 1 is 1.13 bits per heavy atom. The molecule has 0 aliphatic rings. The van der Waals surface area contributed by atoms with Crippen molar-refractivity contribution in [3.8, 4) is 11.6 Å². The van der Waals surface area contributed by atoms with Gasteiger partial charge in [0.1, 0.15) is 11.6 Å². The second-order valence-corrected chi connectivity index (χ2v) is 3.29. The summed E-state index contributed by atoms with van der Waals surface area (Å²) in [5.41, 5.74) is 5.39. The van der Waals surface area contributed by atoms with Crippen molar-refractivity contribution in [3.63, 3.8) is 0 Å². The lowest BCUT2D eigenvalue weighted by molar-refractivity contribution is 0.456. The standard InChI is InChI=1S/C10H8ClN3O/c11-7-2-1-3-8(6-7)15-10-5-4-9(12)13-14-10/h1-6H,(H2,12,13). The number of aromatic nitrogens is 2. The number of nitrogens with zero attached hydrogens (tertiary/aromatic N) is 2. The van der Waals surface area contributed by atoms with Crippen LogP contribution in [0.25, 0.3) is 0 Å². The molecule has 15 heavy (non-hydrogen) atoms. The van der Waals surface area contributed by atoms with Gasteiger partial charge >= 0.3 is 0 Å². The molecule has 0 unspecified atom stereocenters. The van der Waals surface area contributed by atoms with E-state index in [-0.39, 0.29) is 0 Å². The summed E-state index contributed by atoms with van der Waals surface area (Å²) in [4.78, 5) is 0. The molecule has 2 N–H and O–H groups in total. The van der Waals surface area contributed by atoms with Crippen molar-refractivity contribution in [2.45, 2.75) is 0 Å². The van der Waals surface area contributed by atoms with Crippen LogP contribution in [0.15, 0.2) is 36.4 Å². The fourth-order valence-electron chi connectivity index (χ4n) is 1.04. The highest BCUT2D eigenvalue weighted by molar-refractivity contribution is 6.30. The first-order chi connectivity index (χ1) is 7.24. The minimum Gasteiger partial charge on any atom is -0.437 e. The normalized spacial score (nSPS) is 9.93. The summed E-state index contributed by atoms with van der Waals surface area (Å²) in [7, 11) is 0. The second kappa shape index (κ2) is 4.14. The molecule has 0 saturated heterocycles. The monoisotopic (exact) mass is 221 g/mol. The zero-order valence-corrected chi connectivity index (χ0v) is 8.48. The van der Waals surface area contributed by atoms with Gasteiger partial charge in [-0.05, 0) is 24.3 Å². The van der Waals surface area contributed by atoms with Gasteiger partial charge in [-0.2, -0.15) is 0 Å². The molecule has 0 bridgehead atoms. The lowest BCUT2D eigenvalue weighted by Crippen LogP contribution is -1.94. The average Bonchev–Trinajstić information content (AvgIpc) is 2.22. The topological polar surface area (TPSA) is 61.0 Å². The predicted molar refractivity (Wildman–Crippen MR) is 58.0 cm³/mol. The number of nitrogens with two attached hydrogens (primary N) is 1. The van der Waals surface area contributed by atoms with Crippen LogP contribution in [0.2, 0.25) is 5.02 Å². The van der Waals surface area contributed by atoms with E-state index in [0.717, 1.165) is 0 Å². The molecule has 0 atom stereocenters. The number of anilines is 1. The number of nitrogen functional groups attached to an aromatic ring is 1. The van der Waals surface area contributed by atoms with E-state index in [1.54, 1.807) is 36.4 Å². The van der Waals surface area contributed by atoms with E-state index in [0.29, 0.717) is 22.5 Å². The Labute approximate surface area is 91.7 Å². The molecule has 0 fully saturated rings. The van der Waals surface area contributed by atoms with E-state index in [9.17, 15) is 0 Å². The van der Waals surface area contributed by atoms with Gasteiger partial charge in [0.25, 0.3) is 0 Å². The van der Waals surface area contributed by atoms with Crippen molar-refractivity contribution < 1.29 is 4.74 Å². The van der Waals surface area contributed by atoms with Crippen LogP contribution in [0.1, 0.15) is 0 Å². The molecule has 5 heteroatoms. The molecule has 76 valence electrons. The molecule has 2 aromatic rings. The van der Waals surface area contributed by atoms with Gasteiger partial charge in [-0.15, -0.1) is 10.2 Å². The van der Waals surface area contributed by atoms with Gasteiger partial charge < -0.3 is 10.5 Å². The fourth-order valence-corrected chi connectivity index (χ4v) is 1.22. The Morgan fingerprint density at radius 3 is 2.67 bits per heavy atom. The number of rotatable bonds is 2. The average molecular weight is 222 g/mol. The maximum atomic E-state index is 5.80. The molecule has 0 saturated carbocycles. The second-order valence-electron chi connectivity index (χ2n) is 2.86. The van der Waals surface area contributed by atoms with Crippen LogP contribution in [0.5, 0.6) is 11.6 Å². The van der Waals surface area contributed by atoms with E-state index in [1.165, 1.54) is 0 Å². The summed E-state index contributed by atoms with van der Waals surface area (Å²) in [6, 6.07) is 10.3. The van der Waals surface area contributed by atoms with Crippen LogP contribution in [-0.2, 0) is 0 Å². The summed E-state index contributed by atoms with van der Waals surface area (Å²) in [5.74, 6) is 1.35. The summed E-state index contributed by atoms with van der Waals surface area (Å²) < 4.78 is 5.40. The largest absolute Gasteiger partial charge is 0.437 e. The molecule has 0 radical (unpaired) electrons. The highest BCUT2D eigenvalue weighted by atomic mass is 35.5. The molecule has 0 spiro atoms. The van der Waals surface area contributed by atoms with E-state index in [1.807, 2.05) is 0 Å². The molecule has 1 aromatic heterocycles. The summed E-state index contributed by atoms with van der Waals surface area (Å²) in [5, 5.41) is 8.04. The number of hydrogen-bond donors (Lipinski definition) is 1. The van der Waals surface area contributed by atoms with Crippen molar-refractivity contribution in [1.29, 1.82) is 0 Å². The smallest absolute Gasteiger partial charge is 0.238 e. The first kappa shape index (κ1) is 9.73. The van der Waals surface area contributed by atoms with Crippen molar-refractivity contribution in [1.82, 2.24) is 10.2 Å². The quantitative estimate of drug-likeness (QED) is 0.847. The number of benzene rings is 1. The first-order valence-corrected chi connectivity index (χ1v) is 4.64. The van der Waals surface area contributed by atoms with Gasteiger partial charge in [-0.1, -0.05) is 17.7 Å². The summed E-state index contributed by atoms with van der Waals surface area (Å²) in [6.07, 6.45) is 0. The molecule has 0 aliphatic carbocycles. The maximum Gasteiger partial charge on any atom is 0.238 e. The van der Waals surface area contributed by atoms with Gasteiger partial charge in [0.15, 0.2) is 0 Å². The van der Waals surface area contributed by atoms with Crippen molar-refractivity contribution >= 4 is 17.4 Å². The minimum atomic E-state index is 0.355. The SMILES string of the molecule is Nc1ccc(Oc2cccc(Cl)c2)nn1. The van der Waals surface area contributed by atoms with Gasteiger partial charge in [0, 0.05) is 11.1 Å². The molecule has 4 nitrogen and oxygen atoms in total. The molecule has 1 heterocycles. The summed E-state index contributed by atoms with van der Waals surface area (Å²) >= 11 is 5.80. The zero-order valence-electron chi connectivity index (χ0n) is 7.72. The lowest BCUT2D eigenvalue weighted by atomic mass is 10.3. The zero-order chi connectivity index (χ0) is 10.7. The van der Waals surface area contributed by atoms with E-state index in [2.05, 4.69) is 10.2 Å². The van der Waals surface area contributed by atoms with Crippen molar-refractivity contribution in [2.24, 2.45) is 0 Å². The Bertz CT molecular complexity index is 458. The first-order valence-electron chi connectivity index (χ1n) is 4.27. The molecular weight excluding hydrogens is 214 g/mol. The molecule has 1 aromatic carbocycles. The van der Waals surface area contributed by atoms with E-state index < -0.39 is 0 Å². The lowest BCUT2D eigenvalue weighted by Gasteiger charge is -2.03. The van der Waals surface area contributed by atoms with Crippen LogP contribution >= 0.6 is 11.6 Å². The maximum absolute atomic E-state index is 5.80. The Hall–Kier alpha value is -1.81. The highest BCUT2D eigenvalue weighted by Crippen LogP contribution is 2.22. The fraction of sp³-hybridized carbons (Fsp3) is 0. The van der Waals surface area contributed by atoms with E-state index >= 15 is 0 Å². The van der Waals surface area contributed by atoms with Gasteiger partial charge in [-0.25, -0.2) is 0 Å². The number of halogens is 1. The third kappa shape index (κ3) is 2.57. The third-order valence-electron chi connectivity index (χ3n) is 1.68. The molecule has 2 rings (SSSR count). The van der Waals surface area contributed by atoms with E-state index in [4.69, 9.17) is 22.1 Å². The highest BCUT2D eigenvalue weighted by Gasteiger charge is 1.99. The van der Waals surface area contributed by atoms with Gasteiger partial charge in [0.05, 0.1) is 0 Å². The molecular formula is C10H8ClN3O. The Balaban J connectivity index is 2.18. The third-order valence-corrected chi connectivity index (χ3v) is 1.91. The molecule has 0 aliphatic heterocycles. The van der Waals surface area contributed by atoms with Crippen LogP contribution in [0.3, 0.4) is 0 Å². The summed E-state index contributed by atoms with van der Waals surface area (Å²) in [6.45, 7) is 0. The van der Waals surface area contributed by atoms with Crippen LogP contribution in [-0.4, -0.2) is 10.2 Å². The number of hydrogen-bond acceptors (Lipinski definition) is 4. The molecule has 0 amide bonds. The van der Waals surface area contributed by atoms with Crippen LogP contribution in [0.4, 0.5) is 5.82 Å². The van der Waals surface area contributed by atoms with Crippen LogP contribution < -0.4 is 10.5 Å². The van der Waals surface area contributed by atoms with Crippen molar-refractivity contribution in [2.75, 3.05) is 5.73 Å². The Kier molecular flexibility index (Phi) is 2.69. The minimum absolute atomic E-state index is 0.355. The number of ether oxygens (including phenoxy) is 1.